The number of hydrogen-bond donors (Lipinski definition) is 2. The first-order chi connectivity index (χ1) is 9.99. The van der Waals surface area contributed by atoms with E-state index >= 15 is 0 Å². The summed E-state index contributed by atoms with van der Waals surface area (Å²) >= 11 is 0. The number of hydrogen-bond acceptors (Lipinski definition) is 4. The fourth-order valence-corrected chi connectivity index (χ4v) is 3.21. The first-order valence-electron chi connectivity index (χ1n) is 7.41. The van der Waals surface area contributed by atoms with Crippen LogP contribution in [0.4, 0.5) is 4.79 Å². The maximum Gasteiger partial charge on any atom is 0.325 e. The maximum atomic E-state index is 12.2. The molecule has 1 saturated carbocycles. The van der Waals surface area contributed by atoms with Crippen molar-refractivity contribution in [2.45, 2.75) is 50.6 Å². The van der Waals surface area contributed by atoms with Crippen molar-refractivity contribution in [1.82, 2.24) is 15.5 Å². The molecule has 1 aliphatic heterocycles. The predicted octanol–water partition coefficient (Wildman–Crippen LogP) is 0.392. The highest BCUT2D eigenvalue weighted by atomic mass is 16.5. The fraction of sp³-hybridized carbons (Fsp3) is 0.786. The highest BCUT2D eigenvalue weighted by Crippen LogP contribution is 2.36. The Morgan fingerprint density at radius 3 is 2.67 bits per heavy atom. The third-order valence-electron chi connectivity index (χ3n) is 4.21. The number of ether oxygens (including phenoxy) is 1. The predicted molar refractivity (Wildman–Crippen MR) is 75.5 cm³/mol. The summed E-state index contributed by atoms with van der Waals surface area (Å²) < 4.78 is 4.96. The summed E-state index contributed by atoms with van der Waals surface area (Å²) in [5, 5.41) is 5.12. The van der Waals surface area contributed by atoms with E-state index in [9.17, 15) is 14.4 Å². The van der Waals surface area contributed by atoms with Gasteiger partial charge in [-0.25, -0.2) is 4.79 Å². The van der Waals surface area contributed by atoms with Crippen LogP contribution in [0.3, 0.4) is 0 Å². The molecule has 2 rings (SSSR count). The van der Waals surface area contributed by atoms with Gasteiger partial charge in [0, 0.05) is 13.2 Å². The molecule has 2 N–H and O–H groups in total. The molecular weight excluding hydrogens is 274 g/mol. The van der Waals surface area contributed by atoms with Crippen molar-refractivity contribution in [3.05, 3.63) is 0 Å². The zero-order chi connectivity index (χ0) is 15.5. The zero-order valence-electron chi connectivity index (χ0n) is 12.6. The Morgan fingerprint density at radius 1 is 1.38 bits per heavy atom. The summed E-state index contributed by atoms with van der Waals surface area (Å²) in [5.74, 6) is -0.528. The minimum Gasteiger partial charge on any atom is -0.383 e. The molecule has 1 unspecified atom stereocenters. The Kier molecular flexibility index (Phi) is 4.82. The molecule has 0 bridgehead atoms. The lowest BCUT2D eigenvalue weighted by atomic mass is 9.80. The van der Waals surface area contributed by atoms with Crippen LogP contribution in [-0.2, 0) is 14.3 Å². The molecule has 2 aliphatic rings. The van der Waals surface area contributed by atoms with Crippen molar-refractivity contribution >= 4 is 17.8 Å². The minimum absolute atomic E-state index is 0.0916. The first kappa shape index (κ1) is 15.8. The third kappa shape index (κ3) is 3.18. The third-order valence-corrected chi connectivity index (χ3v) is 4.21. The molecule has 0 aromatic heterocycles. The van der Waals surface area contributed by atoms with Gasteiger partial charge in [-0.05, 0) is 19.8 Å². The Bertz CT molecular complexity index is 432. The van der Waals surface area contributed by atoms with E-state index in [1.807, 2.05) is 6.92 Å². The van der Waals surface area contributed by atoms with Gasteiger partial charge in [0.05, 0.1) is 6.61 Å². The van der Waals surface area contributed by atoms with Crippen LogP contribution in [-0.4, -0.2) is 54.6 Å². The number of methoxy groups -OCH3 is 1. The van der Waals surface area contributed by atoms with Crippen molar-refractivity contribution in [3.63, 3.8) is 0 Å². The number of nitrogens with one attached hydrogen (secondary N) is 2. The monoisotopic (exact) mass is 297 g/mol. The van der Waals surface area contributed by atoms with Crippen LogP contribution < -0.4 is 10.6 Å². The molecule has 1 aliphatic carbocycles. The number of carbonyl (C=O) groups is 3. The molecule has 0 aromatic rings. The molecule has 1 heterocycles. The van der Waals surface area contributed by atoms with Crippen molar-refractivity contribution in [2.75, 3.05) is 20.3 Å². The topological polar surface area (TPSA) is 87.7 Å². The first-order valence-corrected chi connectivity index (χ1v) is 7.41. The van der Waals surface area contributed by atoms with E-state index in [1.165, 1.54) is 4.90 Å². The van der Waals surface area contributed by atoms with Crippen LogP contribution in [0.1, 0.15) is 39.0 Å². The van der Waals surface area contributed by atoms with Crippen molar-refractivity contribution in [2.24, 2.45) is 0 Å². The van der Waals surface area contributed by atoms with Gasteiger partial charge in [0.15, 0.2) is 0 Å². The van der Waals surface area contributed by atoms with Gasteiger partial charge in [0.25, 0.3) is 5.91 Å². The Balaban J connectivity index is 2.04. The number of nitrogens with zero attached hydrogens (tertiary/aromatic N) is 1. The quantitative estimate of drug-likeness (QED) is 0.719. The lowest BCUT2D eigenvalue weighted by Gasteiger charge is -2.37. The molecule has 0 radical (unpaired) electrons. The smallest absolute Gasteiger partial charge is 0.325 e. The Labute approximate surface area is 124 Å². The van der Waals surface area contributed by atoms with E-state index in [1.54, 1.807) is 7.11 Å². The van der Waals surface area contributed by atoms with E-state index < -0.39 is 11.6 Å². The summed E-state index contributed by atoms with van der Waals surface area (Å²) in [6, 6.07) is -0.595. The lowest BCUT2D eigenvalue weighted by molar-refractivity contribution is -0.130. The van der Waals surface area contributed by atoms with Gasteiger partial charge >= 0.3 is 6.03 Å². The Hall–Kier alpha value is -1.63. The molecule has 118 valence electrons. The van der Waals surface area contributed by atoms with E-state index in [-0.39, 0.29) is 24.4 Å². The van der Waals surface area contributed by atoms with Gasteiger partial charge in [-0.3, -0.25) is 14.9 Å². The molecule has 21 heavy (non-hydrogen) atoms. The SMILES string of the molecule is COCC(C)NC(=O)CN1C(=O)NC(=O)C12CCCCC2. The van der Waals surface area contributed by atoms with Gasteiger partial charge in [0.2, 0.25) is 5.91 Å². The van der Waals surface area contributed by atoms with Gasteiger partial charge < -0.3 is 15.0 Å². The number of urea groups is 1. The molecule has 7 nitrogen and oxygen atoms in total. The number of carbonyl (C=O) groups excluding carboxylic acids is 3. The van der Waals surface area contributed by atoms with Crippen molar-refractivity contribution in [3.8, 4) is 0 Å². The summed E-state index contributed by atoms with van der Waals surface area (Å²) in [6.07, 6.45) is 4.13. The molecule has 2 fully saturated rings. The van der Waals surface area contributed by atoms with Crippen LogP contribution in [0, 0.1) is 0 Å². The number of amides is 4. The molecule has 4 amide bonds. The Morgan fingerprint density at radius 2 is 2.05 bits per heavy atom. The highest BCUT2D eigenvalue weighted by Gasteiger charge is 2.53. The van der Waals surface area contributed by atoms with E-state index in [4.69, 9.17) is 4.74 Å². The van der Waals surface area contributed by atoms with Crippen LogP contribution >= 0.6 is 0 Å². The maximum absolute atomic E-state index is 12.2. The van der Waals surface area contributed by atoms with E-state index in [0.717, 1.165) is 19.3 Å². The van der Waals surface area contributed by atoms with Crippen LogP contribution in [0.5, 0.6) is 0 Å². The second kappa shape index (κ2) is 6.43. The van der Waals surface area contributed by atoms with Crippen LogP contribution in [0.15, 0.2) is 0 Å². The van der Waals surface area contributed by atoms with Crippen LogP contribution in [0.25, 0.3) is 0 Å². The minimum atomic E-state index is -0.822. The standard InChI is InChI=1S/C14H23N3O4/c1-10(9-21-2)15-11(18)8-17-13(20)16-12(19)14(17)6-4-3-5-7-14/h10H,3-9H2,1-2H3,(H,15,18)(H,16,19,20). The average Bonchev–Trinajstić information content (AvgIpc) is 2.64. The summed E-state index contributed by atoms with van der Waals surface area (Å²) in [6.45, 7) is 2.14. The zero-order valence-corrected chi connectivity index (χ0v) is 12.6. The van der Waals surface area contributed by atoms with Gasteiger partial charge in [-0.2, -0.15) is 0 Å². The molecule has 1 atom stereocenters. The second-order valence-corrected chi connectivity index (χ2v) is 5.86. The normalized spacial score (nSPS) is 22.3. The van der Waals surface area contributed by atoms with E-state index in [0.29, 0.717) is 19.4 Å². The largest absolute Gasteiger partial charge is 0.383 e. The highest BCUT2D eigenvalue weighted by molar-refractivity contribution is 6.08. The summed E-state index contributed by atoms with van der Waals surface area (Å²) in [7, 11) is 1.56. The van der Waals surface area contributed by atoms with Crippen molar-refractivity contribution < 1.29 is 19.1 Å². The van der Waals surface area contributed by atoms with Crippen LogP contribution in [0.2, 0.25) is 0 Å². The van der Waals surface area contributed by atoms with Gasteiger partial charge in [-0.15, -0.1) is 0 Å². The molecule has 0 aromatic carbocycles. The number of rotatable bonds is 5. The van der Waals surface area contributed by atoms with Crippen molar-refractivity contribution in [1.29, 1.82) is 0 Å². The van der Waals surface area contributed by atoms with Gasteiger partial charge in [-0.1, -0.05) is 19.3 Å². The molecular formula is C14H23N3O4. The average molecular weight is 297 g/mol. The molecule has 1 spiro atoms. The lowest BCUT2D eigenvalue weighted by Crippen LogP contribution is -2.54. The summed E-state index contributed by atoms with van der Waals surface area (Å²) in [4.78, 5) is 37.6. The molecule has 1 saturated heterocycles. The van der Waals surface area contributed by atoms with Gasteiger partial charge in [0.1, 0.15) is 12.1 Å². The number of imide groups is 1. The summed E-state index contributed by atoms with van der Waals surface area (Å²) in [5.41, 5.74) is -0.822. The fourth-order valence-electron chi connectivity index (χ4n) is 3.21. The second-order valence-electron chi connectivity index (χ2n) is 5.86. The van der Waals surface area contributed by atoms with E-state index in [2.05, 4.69) is 10.6 Å². The molecule has 7 heteroatoms.